The van der Waals surface area contributed by atoms with E-state index in [0.29, 0.717) is 6.54 Å². The molecule has 0 fully saturated rings. The third kappa shape index (κ3) is 1.74. The summed E-state index contributed by atoms with van der Waals surface area (Å²) in [5, 5.41) is 2.08. The summed E-state index contributed by atoms with van der Waals surface area (Å²) in [4.78, 5) is 5.96. The highest BCUT2D eigenvalue weighted by molar-refractivity contribution is 7.13. The van der Waals surface area contributed by atoms with Gasteiger partial charge in [0.05, 0.1) is 10.6 Å². The number of hydrogen-bond acceptors (Lipinski definition) is 3. The van der Waals surface area contributed by atoms with Gasteiger partial charge in [-0.15, -0.1) is 11.3 Å². The number of imidazole rings is 1. The molecule has 3 heterocycles. The fourth-order valence-corrected chi connectivity index (χ4v) is 3.04. The molecule has 0 aliphatic carbocycles. The van der Waals surface area contributed by atoms with Crippen LogP contribution in [0.4, 0.5) is 0 Å². The Morgan fingerprint density at radius 3 is 2.89 bits per heavy atom. The zero-order valence-corrected chi connectivity index (χ0v) is 11.1. The monoisotopic (exact) mass is 257 g/mol. The summed E-state index contributed by atoms with van der Waals surface area (Å²) >= 11 is 1.72. The van der Waals surface area contributed by atoms with Gasteiger partial charge < -0.3 is 10.1 Å². The normalized spacial score (nSPS) is 11.2. The molecule has 0 aliphatic rings. The first-order chi connectivity index (χ1) is 8.81. The molecule has 0 amide bonds. The van der Waals surface area contributed by atoms with Crippen molar-refractivity contribution in [3.8, 4) is 10.6 Å². The number of nitrogens with zero attached hydrogens (tertiary/aromatic N) is 2. The highest BCUT2D eigenvalue weighted by Crippen LogP contribution is 2.29. The Morgan fingerprint density at radius 2 is 2.17 bits per heavy atom. The smallest absolute Gasteiger partial charge is 0.137 e. The first-order valence-corrected chi connectivity index (χ1v) is 6.90. The minimum atomic E-state index is 0.639. The van der Waals surface area contributed by atoms with E-state index in [2.05, 4.69) is 34.9 Å². The lowest BCUT2D eigenvalue weighted by atomic mass is 10.2. The van der Waals surface area contributed by atoms with Gasteiger partial charge in [-0.3, -0.25) is 0 Å². The second-order valence-electron chi connectivity index (χ2n) is 4.28. The summed E-state index contributed by atoms with van der Waals surface area (Å²) in [6.45, 7) is 2.74. The van der Waals surface area contributed by atoms with Gasteiger partial charge in [0.1, 0.15) is 11.3 Å². The topological polar surface area (TPSA) is 43.3 Å². The Hall–Kier alpha value is -1.65. The molecule has 0 unspecified atom stereocenters. The predicted molar refractivity (Wildman–Crippen MR) is 76.0 cm³/mol. The predicted octanol–water partition coefficient (Wildman–Crippen LogP) is 2.87. The van der Waals surface area contributed by atoms with Gasteiger partial charge >= 0.3 is 0 Å². The van der Waals surface area contributed by atoms with Crippen LogP contribution >= 0.6 is 11.3 Å². The number of hydrogen-bond donors (Lipinski definition) is 1. The molecule has 0 saturated heterocycles. The fraction of sp³-hybridized carbons (Fsp3) is 0.214. The third-order valence-corrected chi connectivity index (χ3v) is 3.95. The van der Waals surface area contributed by atoms with Crippen LogP contribution in [0.25, 0.3) is 16.2 Å². The highest BCUT2D eigenvalue weighted by atomic mass is 32.1. The average molecular weight is 257 g/mol. The Labute approximate surface area is 110 Å². The number of fused-ring (bicyclic) bond motifs is 1. The van der Waals surface area contributed by atoms with Crippen molar-refractivity contribution in [3.05, 3.63) is 47.1 Å². The Kier molecular flexibility index (Phi) is 2.89. The molecule has 2 N–H and O–H groups in total. The van der Waals surface area contributed by atoms with Crippen LogP contribution in [0, 0.1) is 6.92 Å². The number of aromatic nitrogens is 2. The molecule has 0 radical (unpaired) electrons. The SMILES string of the molecule is Cc1cccc2nc(-c3cccs3)c(CCN)n12. The molecular weight excluding hydrogens is 242 g/mol. The van der Waals surface area contributed by atoms with Gasteiger partial charge in [-0.05, 0) is 37.0 Å². The average Bonchev–Trinajstić information content (AvgIpc) is 2.97. The first kappa shape index (κ1) is 11.4. The summed E-state index contributed by atoms with van der Waals surface area (Å²) in [5.74, 6) is 0. The molecule has 92 valence electrons. The van der Waals surface area contributed by atoms with Crippen molar-refractivity contribution in [1.29, 1.82) is 0 Å². The molecule has 18 heavy (non-hydrogen) atoms. The molecule has 3 nitrogen and oxygen atoms in total. The largest absolute Gasteiger partial charge is 0.330 e. The Balaban J connectivity index is 2.31. The summed E-state index contributed by atoms with van der Waals surface area (Å²) < 4.78 is 2.21. The summed E-state index contributed by atoms with van der Waals surface area (Å²) in [5.41, 5.74) is 10.2. The van der Waals surface area contributed by atoms with E-state index in [4.69, 9.17) is 10.7 Å². The summed E-state index contributed by atoms with van der Waals surface area (Å²) in [7, 11) is 0. The molecule has 0 bridgehead atoms. The van der Waals surface area contributed by atoms with Crippen LogP contribution in [0.2, 0.25) is 0 Å². The van der Waals surface area contributed by atoms with Gasteiger partial charge in [-0.25, -0.2) is 4.98 Å². The van der Waals surface area contributed by atoms with E-state index in [1.807, 2.05) is 12.1 Å². The summed E-state index contributed by atoms with van der Waals surface area (Å²) in [6, 6.07) is 10.4. The molecule has 0 aliphatic heterocycles. The molecule has 0 atom stereocenters. The van der Waals surface area contributed by atoms with Crippen molar-refractivity contribution in [1.82, 2.24) is 9.38 Å². The van der Waals surface area contributed by atoms with Crippen LogP contribution in [0.5, 0.6) is 0 Å². The van der Waals surface area contributed by atoms with Crippen molar-refractivity contribution in [2.45, 2.75) is 13.3 Å². The second-order valence-corrected chi connectivity index (χ2v) is 5.23. The van der Waals surface area contributed by atoms with E-state index in [1.54, 1.807) is 11.3 Å². The minimum Gasteiger partial charge on any atom is -0.330 e. The van der Waals surface area contributed by atoms with Crippen LogP contribution in [-0.2, 0) is 6.42 Å². The van der Waals surface area contributed by atoms with Crippen LogP contribution in [0.3, 0.4) is 0 Å². The number of rotatable bonds is 3. The van der Waals surface area contributed by atoms with Gasteiger partial charge in [0, 0.05) is 12.1 Å². The second kappa shape index (κ2) is 4.55. The highest BCUT2D eigenvalue weighted by Gasteiger charge is 2.14. The maximum atomic E-state index is 5.75. The van der Waals surface area contributed by atoms with E-state index in [1.165, 1.54) is 16.3 Å². The summed E-state index contributed by atoms with van der Waals surface area (Å²) in [6.07, 6.45) is 0.846. The zero-order valence-electron chi connectivity index (χ0n) is 10.3. The molecule has 0 aromatic carbocycles. The molecule has 0 spiro atoms. The van der Waals surface area contributed by atoms with Crippen molar-refractivity contribution in [2.24, 2.45) is 5.73 Å². The van der Waals surface area contributed by atoms with Gasteiger partial charge in [-0.1, -0.05) is 12.1 Å². The lowest BCUT2D eigenvalue weighted by Gasteiger charge is -2.05. The van der Waals surface area contributed by atoms with Gasteiger partial charge in [-0.2, -0.15) is 0 Å². The van der Waals surface area contributed by atoms with Gasteiger partial charge in [0.15, 0.2) is 0 Å². The van der Waals surface area contributed by atoms with Crippen molar-refractivity contribution < 1.29 is 0 Å². The van der Waals surface area contributed by atoms with Crippen molar-refractivity contribution >= 4 is 17.0 Å². The first-order valence-electron chi connectivity index (χ1n) is 6.02. The van der Waals surface area contributed by atoms with E-state index in [0.717, 1.165) is 17.8 Å². The lowest BCUT2D eigenvalue weighted by Crippen LogP contribution is -2.07. The molecule has 3 rings (SSSR count). The lowest BCUT2D eigenvalue weighted by molar-refractivity contribution is 0.892. The zero-order chi connectivity index (χ0) is 12.5. The number of thiophene rings is 1. The van der Waals surface area contributed by atoms with Crippen LogP contribution in [0.1, 0.15) is 11.4 Å². The number of pyridine rings is 1. The standard InChI is InChI=1S/C14H15N3S/c1-10-4-2-6-13-16-14(12-5-3-9-18-12)11(7-8-15)17(10)13/h2-6,9H,7-8,15H2,1H3. The van der Waals surface area contributed by atoms with Crippen molar-refractivity contribution in [3.63, 3.8) is 0 Å². The van der Waals surface area contributed by atoms with E-state index in [-0.39, 0.29) is 0 Å². The van der Waals surface area contributed by atoms with Crippen LogP contribution in [-0.4, -0.2) is 15.9 Å². The van der Waals surface area contributed by atoms with Gasteiger partial charge in [0.2, 0.25) is 0 Å². The minimum absolute atomic E-state index is 0.639. The molecule has 4 heteroatoms. The maximum absolute atomic E-state index is 5.75. The Morgan fingerprint density at radius 1 is 1.28 bits per heavy atom. The molecule has 3 aromatic heterocycles. The maximum Gasteiger partial charge on any atom is 0.137 e. The van der Waals surface area contributed by atoms with Crippen LogP contribution < -0.4 is 5.73 Å². The Bertz CT molecular complexity index is 668. The molecule has 0 saturated carbocycles. The number of aryl methyl sites for hydroxylation is 1. The third-order valence-electron chi connectivity index (χ3n) is 3.07. The van der Waals surface area contributed by atoms with E-state index >= 15 is 0 Å². The quantitative estimate of drug-likeness (QED) is 0.784. The molecule has 3 aromatic rings. The number of nitrogens with two attached hydrogens (primary N) is 1. The molecular formula is C14H15N3S. The fourth-order valence-electron chi connectivity index (χ4n) is 2.30. The van der Waals surface area contributed by atoms with E-state index < -0.39 is 0 Å². The van der Waals surface area contributed by atoms with Crippen molar-refractivity contribution in [2.75, 3.05) is 6.54 Å². The van der Waals surface area contributed by atoms with Gasteiger partial charge in [0.25, 0.3) is 0 Å². The van der Waals surface area contributed by atoms with E-state index in [9.17, 15) is 0 Å². The van der Waals surface area contributed by atoms with Crippen LogP contribution in [0.15, 0.2) is 35.7 Å².